The number of rotatable bonds is 5. The number of aromatic nitrogens is 2. The molecule has 0 aliphatic heterocycles. The van der Waals surface area contributed by atoms with Gasteiger partial charge in [-0.2, -0.15) is 5.10 Å². The molecule has 90 valence electrons. The van der Waals surface area contributed by atoms with Gasteiger partial charge in [-0.1, -0.05) is 6.92 Å². The fourth-order valence-electron chi connectivity index (χ4n) is 2.05. The van der Waals surface area contributed by atoms with Crippen LogP contribution in [0.4, 0.5) is 0 Å². The molecule has 1 aliphatic carbocycles. The highest BCUT2D eigenvalue weighted by Crippen LogP contribution is 2.30. The van der Waals surface area contributed by atoms with Crippen LogP contribution in [0.15, 0.2) is 4.47 Å². The van der Waals surface area contributed by atoms with Crippen LogP contribution in [0.1, 0.15) is 31.2 Å². The molecule has 1 heterocycles. The maximum Gasteiger partial charge on any atom is 0.0767 e. The summed E-state index contributed by atoms with van der Waals surface area (Å²) in [5.41, 5.74) is 2.46. The van der Waals surface area contributed by atoms with Gasteiger partial charge in [0.1, 0.15) is 0 Å². The minimum Gasteiger partial charge on any atom is -0.300 e. The van der Waals surface area contributed by atoms with Crippen LogP contribution >= 0.6 is 15.9 Å². The standard InChI is InChI=1S/C12H20BrN3/c1-4-10-12(13)11(16(3)14-10)8-15(2)7-9-5-6-9/h9H,4-8H2,1-3H3. The molecule has 0 unspecified atom stereocenters. The van der Waals surface area contributed by atoms with E-state index in [1.165, 1.54) is 29.6 Å². The molecule has 0 radical (unpaired) electrons. The molecule has 2 rings (SSSR count). The van der Waals surface area contributed by atoms with E-state index in [-0.39, 0.29) is 0 Å². The van der Waals surface area contributed by atoms with E-state index in [0.29, 0.717) is 0 Å². The SMILES string of the molecule is CCc1nn(C)c(CN(C)CC2CC2)c1Br. The lowest BCUT2D eigenvalue weighted by Crippen LogP contribution is -2.22. The van der Waals surface area contributed by atoms with Crippen LogP contribution in [-0.4, -0.2) is 28.3 Å². The highest BCUT2D eigenvalue weighted by Gasteiger charge is 2.23. The molecule has 0 atom stereocenters. The molecule has 16 heavy (non-hydrogen) atoms. The summed E-state index contributed by atoms with van der Waals surface area (Å²) in [7, 11) is 4.23. The molecule has 0 spiro atoms. The third kappa shape index (κ3) is 2.66. The molecule has 1 aromatic heterocycles. The molecule has 4 heteroatoms. The molecule has 1 saturated carbocycles. The average molecular weight is 286 g/mol. The van der Waals surface area contributed by atoms with Gasteiger partial charge in [0.25, 0.3) is 0 Å². The second kappa shape index (κ2) is 4.88. The van der Waals surface area contributed by atoms with Crippen molar-refractivity contribution in [3.8, 4) is 0 Å². The highest BCUT2D eigenvalue weighted by atomic mass is 79.9. The molecule has 0 aromatic carbocycles. The van der Waals surface area contributed by atoms with Crippen molar-refractivity contribution in [2.45, 2.75) is 32.7 Å². The molecule has 0 amide bonds. The van der Waals surface area contributed by atoms with E-state index in [2.05, 4.69) is 39.9 Å². The van der Waals surface area contributed by atoms with Crippen LogP contribution in [0.2, 0.25) is 0 Å². The fraction of sp³-hybridized carbons (Fsp3) is 0.750. The second-order valence-corrected chi connectivity index (χ2v) is 5.62. The molecule has 1 aliphatic rings. The number of nitrogens with zero attached hydrogens (tertiary/aromatic N) is 3. The van der Waals surface area contributed by atoms with Crippen LogP contribution < -0.4 is 0 Å². The lowest BCUT2D eigenvalue weighted by Gasteiger charge is -2.16. The Labute approximate surface area is 106 Å². The number of aryl methyl sites for hydroxylation is 2. The highest BCUT2D eigenvalue weighted by molar-refractivity contribution is 9.10. The smallest absolute Gasteiger partial charge is 0.0767 e. The van der Waals surface area contributed by atoms with Crippen LogP contribution in [-0.2, 0) is 20.0 Å². The summed E-state index contributed by atoms with van der Waals surface area (Å²) in [6.45, 7) is 4.35. The van der Waals surface area contributed by atoms with E-state index in [0.717, 1.165) is 24.6 Å². The van der Waals surface area contributed by atoms with Crippen molar-refractivity contribution in [2.75, 3.05) is 13.6 Å². The molecule has 0 bridgehead atoms. The van der Waals surface area contributed by atoms with E-state index in [9.17, 15) is 0 Å². The van der Waals surface area contributed by atoms with Crippen molar-refractivity contribution in [1.29, 1.82) is 0 Å². The van der Waals surface area contributed by atoms with Crippen LogP contribution in [0.3, 0.4) is 0 Å². The predicted octanol–water partition coefficient (Wildman–Crippen LogP) is 2.59. The quantitative estimate of drug-likeness (QED) is 0.829. The summed E-state index contributed by atoms with van der Waals surface area (Å²) in [5, 5.41) is 4.52. The fourth-order valence-corrected chi connectivity index (χ4v) is 2.79. The Morgan fingerprint density at radius 3 is 2.69 bits per heavy atom. The maximum atomic E-state index is 4.52. The van der Waals surface area contributed by atoms with Gasteiger partial charge in [-0.3, -0.25) is 4.68 Å². The van der Waals surface area contributed by atoms with Crippen LogP contribution in [0.25, 0.3) is 0 Å². The summed E-state index contributed by atoms with van der Waals surface area (Å²) in [6, 6.07) is 0. The molecular formula is C12H20BrN3. The normalized spacial score (nSPS) is 16.1. The van der Waals surface area contributed by atoms with E-state index >= 15 is 0 Å². The first-order valence-electron chi connectivity index (χ1n) is 6.00. The van der Waals surface area contributed by atoms with Crippen molar-refractivity contribution in [3.05, 3.63) is 15.9 Å². The van der Waals surface area contributed by atoms with Gasteiger partial charge in [-0.25, -0.2) is 0 Å². The van der Waals surface area contributed by atoms with Crippen molar-refractivity contribution in [2.24, 2.45) is 13.0 Å². The van der Waals surface area contributed by atoms with E-state index in [1.54, 1.807) is 0 Å². The van der Waals surface area contributed by atoms with Crippen LogP contribution in [0.5, 0.6) is 0 Å². The van der Waals surface area contributed by atoms with Crippen molar-refractivity contribution >= 4 is 15.9 Å². The van der Waals surface area contributed by atoms with Gasteiger partial charge in [-0.15, -0.1) is 0 Å². The molecule has 1 aromatic rings. The first-order valence-corrected chi connectivity index (χ1v) is 6.80. The summed E-state index contributed by atoms with van der Waals surface area (Å²) < 4.78 is 3.20. The molecule has 0 saturated heterocycles. The van der Waals surface area contributed by atoms with Gasteiger partial charge in [0, 0.05) is 20.1 Å². The van der Waals surface area contributed by atoms with Gasteiger partial charge in [0.15, 0.2) is 0 Å². The monoisotopic (exact) mass is 285 g/mol. The van der Waals surface area contributed by atoms with Crippen molar-refractivity contribution in [3.63, 3.8) is 0 Å². The third-order valence-corrected chi connectivity index (χ3v) is 4.10. The Balaban J connectivity index is 2.04. The summed E-state index contributed by atoms with van der Waals surface area (Å²) in [4.78, 5) is 2.40. The minimum atomic E-state index is 0.947. The Hall–Kier alpha value is -0.350. The first kappa shape index (κ1) is 12.1. The number of halogens is 1. The van der Waals surface area contributed by atoms with E-state index in [1.807, 2.05) is 11.7 Å². The van der Waals surface area contributed by atoms with Crippen molar-refractivity contribution < 1.29 is 0 Å². The Bertz CT molecular complexity index is 369. The average Bonchev–Trinajstić information content (AvgIpc) is 3.00. The summed E-state index contributed by atoms with van der Waals surface area (Å²) in [5.74, 6) is 0.947. The molecule has 0 N–H and O–H groups in total. The Morgan fingerprint density at radius 1 is 1.50 bits per heavy atom. The first-order chi connectivity index (χ1) is 7.61. The Kier molecular flexibility index (Phi) is 3.70. The van der Waals surface area contributed by atoms with Gasteiger partial charge < -0.3 is 4.90 Å². The van der Waals surface area contributed by atoms with E-state index in [4.69, 9.17) is 0 Å². The number of hydrogen-bond donors (Lipinski definition) is 0. The zero-order valence-electron chi connectivity index (χ0n) is 10.3. The van der Waals surface area contributed by atoms with Gasteiger partial charge in [0.05, 0.1) is 15.9 Å². The van der Waals surface area contributed by atoms with Crippen molar-refractivity contribution in [1.82, 2.24) is 14.7 Å². The summed E-state index contributed by atoms with van der Waals surface area (Å²) in [6.07, 6.45) is 3.81. The van der Waals surface area contributed by atoms with E-state index < -0.39 is 0 Å². The number of hydrogen-bond acceptors (Lipinski definition) is 2. The van der Waals surface area contributed by atoms with Gasteiger partial charge in [0.2, 0.25) is 0 Å². The molecule has 3 nitrogen and oxygen atoms in total. The van der Waals surface area contributed by atoms with Gasteiger partial charge >= 0.3 is 0 Å². The molecule has 1 fully saturated rings. The van der Waals surface area contributed by atoms with Crippen LogP contribution in [0, 0.1) is 5.92 Å². The third-order valence-electron chi connectivity index (χ3n) is 3.19. The van der Waals surface area contributed by atoms with Gasteiger partial charge in [-0.05, 0) is 48.2 Å². The lowest BCUT2D eigenvalue weighted by molar-refractivity contribution is 0.304. The summed E-state index contributed by atoms with van der Waals surface area (Å²) >= 11 is 3.66. The zero-order chi connectivity index (χ0) is 11.7. The lowest BCUT2D eigenvalue weighted by atomic mass is 10.3. The maximum absolute atomic E-state index is 4.52. The second-order valence-electron chi connectivity index (χ2n) is 4.82. The predicted molar refractivity (Wildman–Crippen MR) is 69.3 cm³/mol. The zero-order valence-corrected chi connectivity index (χ0v) is 11.9. The Morgan fingerprint density at radius 2 is 2.19 bits per heavy atom. The largest absolute Gasteiger partial charge is 0.300 e. The minimum absolute atomic E-state index is 0.947. The molecular weight excluding hydrogens is 266 g/mol. The topological polar surface area (TPSA) is 21.1 Å².